The topological polar surface area (TPSA) is 95.0 Å². The molecule has 0 bridgehead atoms. The van der Waals surface area contributed by atoms with E-state index >= 15 is 0 Å². The predicted molar refractivity (Wildman–Crippen MR) is 119 cm³/mol. The van der Waals surface area contributed by atoms with Gasteiger partial charge in [-0.15, -0.1) is 10.2 Å². The lowest BCUT2D eigenvalue weighted by atomic mass is 10.1. The molecule has 1 N–H and O–H groups in total. The lowest BCUT2D eigenvalue weighted by molar-refractivity contribution is 0.563. The van der Waals surface area contributed by atoms with E-state index in [9.17, 15) is 4.79 Å². The van der Waals surface area contributed by atoms with Gasteiger partial charge in [0.2, 0.25) is 5.13 Å². The van der Waals surface area contributed by atoms with Gasteiger partial charge < -0.3 is 14.6 Å². The number of nitrogens with one attached hydrogen (secondary N) is 1. The summed E-state index contributed by atoms with van der Waals surface area (Å²) < 4.78 is 5.59. The molecule has 150 valence electrons. The Morgan fingerprint density at radius 1 is 1.10 bits per heavy atom. The summed E-state index contributed by atoms with van der Waals surface area (Å²) in [6.45, 7) is 5.94. The molecule has 0 aliphatic rings. The highest BCUT2D eigenvalue weighted by Gasteiger charge is 2.14. The minimum absolute atomic E-state index is 0.378. The molecule has 4 rings (SSSR count). The van der Waals surface area contributed by atoms with Crippen LogP contribution in [0.15, 0.2) is 57.7 Å². The van der Waals surface area contributed by atoms with Crippen molar-refractivity contribution < 1.29 is 4.42 Å². The Bertz CT molecular complexity index is 1280. The van der Waals surface area contributed by atoms with Crippen molar-refractivity contribution in [3.8, 4) is 16.6 Å². The molecule has 8 heteroatoms. The zero-order chi connectivity index (χ0) is 21.1. The van der Waals surface area contributed by atoms with Gasteiger partial charge in [0.25, 0.3) is 0 Å². The summed E-state index contributed by atoms with van der Waals surface area (Å²) in [5, 5.41) is 22.1. The molecule has 0 atom stereocenters. The first kappa shape index (κ1) is 19.6. The van der Waals surface area contributed by atoms with Gasteiger partial charge in [0.15, 0.2) is 5.01 Å². The average molecular weight is 417 g/mol. The number of fused-ring (bicyclic) bond motifs is 1. The molecule has 0 unspecified atom stereocenters. The Morgan fingerprint density at radius 2 is 1.87 bits per heavy atom. The fourth-order valence-corrected chi connectivity index (χ4v) is 3.94. The monoisotopic (exact) mass is 417 g/mol. The molecule has 30 heavy (non-hydrogen) atoms. The zero-order valence-electron chi connectivity index (χ0n) is 16.5. The molecular formula is C22H19N5O2S. The SMILES string of the molecule is CCN(CC)c1ccc2cc(-c3nnc(Nc4ccc(C#N)cc4)s3)c(=O)oc2c1. The Labute approximate surface area is 177 Å². The number of hydrogen-bond acceptors (Lipinski definition) is 8. The lowest BCUT2D eigenvalue weighted by Gasteiger charge is -2.20. The molecule has 0 aliphatic heterocycles. The summed E-state index contributed by atoms with van der Waals surface area (Å²) in [4.78, 5) is 14.8. The van der Waals surface area contributed by atoms with Gasteiger partial charge in [-0.2, -0.15) is 5.26 Å². The van der Waals surface area contributed by atoms with Crippen molar-refractivity contribution in [3.63, 3.8) is 0 Å². The minimum atomic E-state index is -0.444. The molecule has 0 amide bonds. The molecular weight excluding hydrogens is 398 g/mol. The molecule has 2 aromatic carbocycles. The Balaban J connectivity index is 1.63. The number of benzene rings is 2. The third kappa shape index (κ3) is 3.88. The second-order valence-electron chi connectivity index (χ2n) is 6.57. The molecule has 0 aliphatic carbocycles. The Hall–Kier alpha value is -3.70. The van der Waals surface area contributed by atoms with E-state index in [1.54, 1.807) is 30.3 Å². The summed E-state index contributed by atoms with van der Waals surface area (Å²) in [6.07, 6.45) is 0. The van der Waals surface area contributed by atoms with Gasteiger partial charge in [0, 0.05) is 35.9 Å². The summed E-state index contributed by atoms with van der Waals surface area (Å²) >= 11 is 1.26. The van der Waals surface area contributed by atoms with E-state index in [1.165, 1.54) is 11.3 Å². The van der Waals surface area contributed by atoms with Crippen LogP contribution in [0.4, 0.5) is 16.5 Å². The van der Waals surface area contributed by atoms with Crippen LogP contribution < -0.4 is 15.8 Å². The molecule has 0 spiro atoms. The first-order chi connectivity index (χ1) is 14.6. The van der Waals surface area contributed by atoms with E-state index in [2.05, 4.69) is 40.3 Å². The van der Waals surface area contributed by atoms with Gasteiger partial charge in [0.1, 0.15) is 5.58 Å². The van der Waals surface area contributed by atoms with E-state index in [1.807, 2.05) is 18.2 Å². The number of aromatic nitrogens is 2. The average Bonchev–Trinajstić information content (AvgIpc) is 3.22. The van der Waals surface area contributed by atoms with Crippen molar-refractivity contribution in [2.24, 2.45) is 0 Å². The van der Waals surface area contributed by atoms with E-state index < -0.39 is 5.63 Å². The molecule has 4 aromatic rings. The van der Waals surface area contributed by atoms with Crippen molar-refractivity contribution in [1.82, 2.24) is 10.2 Å². The van der Waals surface area contributed by atoms with Gasteiger partial charge in [-0.25, -0.2) is 4.79 Å². The third-order valence-electron chi connectivity index (χ3n) is 4.77. The number of anilines is 3. The highest BCUT2D eigenvalue weighted by molar-refractivity contribution is 7.18. The van der Waals surface area contributed by atoms with Crippen LogP contribution in [-0.2, 0) is 0 Å². The summed E-state index contributed by atoms with van der Waals surface area (Å²) in [5.41, 5.74) is 2.87. The highest BCUT2D eigenvalue weighted by Crippen LogP contribution is 2.29. The van der Waals surface area contributed by atoms with Crippen LogP contribution in [-0.4, -0.2) is 23.3 Å². The van der Waals surface area contributed by atoms with Gasteiger partial charge in [0.05, 0.1) is 17.2 Å². The van der Waals surface area contributed by atoms with Gasteiger partial charge in [-0.1, -0.05) is 11.3 Å². The standard InChI is InChI=1S/C22H19N5O2S/c1-3-27(4-2)17-10-7-15-11-18(21(28)29-19(15)12-17)20-25-26-22(30-20)24-16-8-5-14(13-23)6-9-16/h5-12H,3-4H2,1-2H3,(H,24,26). The molecule has 0 saturated carbocycles. The molecule has 0 radical (unpaired) electrons. The van der Waals surface area contributed by atoms with Gasteiger partial charge in [-0.3, -0.25) is 0 Å². The largest absolute Gasteiger partial charge is 0.422 e. The second-order valence-corrected chi connectivity index (χ2v) is 7.55. The van der Waals surface area contributed by atoms with E-state index in [0.29, 0.717) is 26.8 Å². The van der Waals surface area contributed by atoms with Crippen LogP contribution in [0, 0.1) is 11.3 Å². The zero-order valence-corrected chi connectivity index (χ0v) is 17.4. The van der Waals surface area contributed by atoms with Crippen molar-refractivity contribution in [1.29, 1.82) is 5.26 Å². The van der Waals surface area contributed by atoms with Crippen LogP contribution in [0.1, 0.15) is 19.4 Å². The number of rotatable bonds is 6. The second kappa shape index (κ2) is 8.35. The highest BCUT2D eigenvalue weighted by atomic mass is 32.1. The fourth-order valence-electron chi connectivity index (χ4n) is 3.17. The maximum absolute atomic E-state index is 12.6. The normalized spacial score (nSPS) is 10.7. The van der Waals surface area contributed by atoms with E-state index in [4.69, 9.17) is 9.68 Å². The van der Waals surface area contributed by atoms with Crippen LogP contribution in [0.25, 0.3) is 21.5 Å². The molecule has 2 aromatic heterocycles. The molecule has 2 heterocycles. The summed E-state index contributed by atoms with van der Waals surface area (Å²) in [5.74, 6) is 0. The van der Waals surface area contributed by atoms with Gasteiger partial charge >= 0.3 is 5.63 Å². The molecule has 0 saturated heterocycles. The number of hydrogen-bond donors (Lipinski definition) is 1. The summed E-state index contributed by atoms with van der Waals surface area (Å²) in [7, 11) is 0. The summed E-state index contributed by atoms with van der Waals surface area (Å²) in [6, 6.07) is 16.8. The van der Waals surface area contributed by atoms with Crippen molar-refractivity contribution in [2.75, 3.05) is 23.3 Å². The number of nitrogens with zero attached hydrogens (tertiary/aromatic N) is 4. The van der Waals surface area contributed by atoms with Crippen molar-refractivity contribution >= 4 is 38.8 Å². The van der Waals surface area contributed by atoms with E-state index in [0.717, 1.165) is 29.9 Å². The van der Waals surface area contributed by atoms with Crippen LogP contribution in [0.2, 0.25) is 0 Å². The fraction of sp³-hybridized carbons (Fsp3) is 0.182. The van der Waals surface area contributed by atoms with Crippen molar-refractivity contribution in [2.45, 2.75) is 13.8 Å². The number of nitriles is 1. The van der Waals surface area contributed by atoms with Crippen LogP contribution in [0.3, 0.4) is 0 Å². The quantitative estimate of drug-likeness (QED) is 0.451. The van der Waals surface area contributed by atoms with Crippen LogP contribution >= 0.6 is 11.3 Å². The Morgan fingerprint density at radius 3 is 2.57 bits per heavy atom. The lowest BCUT2D eigenvalue weighted by Crippen LogP contribution is -2.21. The van der Waals surface area contributed by atoms with E-state index in [-0.39, 0.29) is 0 Å². The first-order valence-electron chi connectivity index (χ1n) is 9.55. The third-order valence-corrected chi connectivity index (χ3v) is 5.64. The Kier molecular flexibility index (Phi) is 5.46. The van der Waals surface area contributed by atoms with Gasteiger partial charge in [-0.05, 0) is 56.3 Å². The molecule has 0 fully saturated rings. The molecule has 7 nitrogen and oxygen atoms in total. The smallest absolute Gasteiger partial charge is 0.346 e. The van der Waals surface area contributed by atoms with Crippen LogP contribution in [0.5, 0.6) is 0 Å². The minimum Gasteiger partial charge on any atom is -0.422 e. The predicted octanol–water partition coefficient (Wildman–Crippen LogP) is 4.77. The maximum atomic E-state index is 12.6. The van der Waals surface area contributed by atoms with Crippen molar-refractivity contribution in [3.05, 3.63) is 64.5 Å². The maximum Gasteiger partial charge on any atom is 0.346 e. The first-order valence-corrected chi connectivity index (χ1v) is 10.4.